The van der Waals surface area contributed by atoms with Crippen LogP contribution in [-0.2, 0) is 18.9 Å². The Morgan fingerprint density at radius 1 is 0.824 bits per heavy atom. The normalized spacial score (nSPS) is 12.9. The predicted molar refractivity (Wildman–Crippen MR) is 63.8 cm³/mol. The van der Waals surface area contributed by atoms with Gasteiger partial charge in [0.15, 0.2) is 0 Å². The first-order valence-corrected chi connectivity index (χ1v) is 6.02. The lowest BCUT2D eigenvalue weighted by molar-refractivity contribution is -0.00394. The summed E-state index contributed by atoms with van der Waals surface area (Å²) in [6.45, 7) is 6.49. The minimum Gasteiger partial charge on any atom is -0.379 e. The zero-order valence-electron chi connectivity index (χ0n) is 10.6. The molecule has 0 radical (unpaired) electrons. The van der Waals surface area contributed by atoms with Crippen LogP contribution in [0.1, 0.15) is 13.3 Å². The fourth-order valence-corrected chi connectivity index (χ4v) is 1.01. The maximum Gasteiger partial charge on any atom is 0.104 e. The van der Waals surface area contributed by atoms with Crippen molar-refractivity contribution >= 4 is 0 Å². The third-order valence-electron chi connectivity index (χ3n) is 1.88. The fraction of sp³-hybridized carbons (Fsp3) is 1.00. The van der Waals surface area contributed by atoms with E-state index in [0.717, 1.165) is 0 Å². The van der Waals surface area contributed by atoms with Crippen LogP contribution in [0, 0.1) is 0 Å². The molecule has 0 aliphatic heterocycles. The van der Waals surface area contributed by atoms with E-state index in [-0.39, 0.29) is 0 Å². The van der Waals surface area contributed by atoms with Crippen molar-refractivity contribution in [2.45, 2.75) is 19.6 Å². The van der Waals surface area contributed by atoms with Crippen molar-refractivity contribution in [1.82, 2.24) is 0 Å². The second-order valence-corrected chi connectivity index (χ2v) is 3.39. The van der Waals surface area contributed by atoms with Crippen LogP contribution in [-0.4, -0.2) is 64.2 Å². The van der Waals surface area contributed by atoms with Crippen LogP contribution in [0.5, 0.6) is 0 Å². The van der Waals surface area contributed by atoms with Gasteiger partial charge in [0.25, 0.3) is 0 Å². The van der Waals surface area contributed by atoms with E-state index in [1.54, 1.807) is 0 Å². The van der Waals surface area contributed by atoms with E-state index in [1.807, 2.05) is 6.92 Å². The van der Waals surface area contributed by atoms with E-state index >= 15 is 0 Å². The van der Waals surface area contributed by atoms with Crippen molar-refractivity contribution in [3.05, 3.63) is 0 Å². The summed E-state index contributed by atoms with van der Waals surface area (Å²) in [6, 6.07) is 0. The van der Waals surface area contributed by atoms with E-state index in [0.29, 0.717) is 59.3 Å². The maximum absolute atomic E-state index is 8.75. The third-order valence-corrected chi connectivity index (χ3v) is 1.88. The average molecular weight is 251 g/mol. The van der Waals surface area contributed by atoms with Crippen LogP contribution < -0.4 is 5.73 Å². The molecule has 0 aliphatic rings. The standard InChI is InChI=1S/C11H25NO5/c1-2-14-5-6-16-9-10-17-8-7-15-4-3-11(12)13/h11,13H,2-10,12H2,1H3. The van der Waals surface area contributed by atoms with Crippen LogP contribution in [0.25, 0.3) is 0 Å². The number of rotatable bonds is 13. The molecule has 0 saturated carbocycles. The summed E-state index contributed by atoms with van der Waals surface area (Å²) in [5, 5.41) is 8.75. The molecule has 0 saturated heterocycles. The molecule has 104 valence electrons. The highest BCUT2D eigenvalue weighted by Gasteiger charge is 1.95. The maximum atomic E-state index is 8.75. The Labute approximate surface area is 103 Å². The summed E-state index contributed by atoms with van der Waals surface area (Å²) in [4.78, 5) is 0. The van der Waals surface area contributed by atoms with E-state index < -0.39 is 6.23 Å². The Bertz CT molecular complexity index is 146. The fourth-order valence-electron chi connectivity index (χ4n) is 1.01. The molecule has 0 heterocycles. The second kappa shape index (κ2) is 13.8. The first-order valence-electron chi connectivity index (χ1n) is 6.02. The number of aliphatic hydroxyl groups is 1. The minimum absolute atomic E-state index is 0.445. The first-order chi connectivity index (χ1) is 8.27. The lowest BCUT2D eigenvalue weighted by atomic mass is 10.4. The number of hydrogen-bond donors (Lipinski definition) is 2. The zero-order valence-corrected chi connectivity index (χ0v) is 10.6. The molecule has 0 amide bonds. The molecule has 6 heteroatoms. The second-order valence-electron chi connectivity index (χ2n) is 3.39. The number of hydrogen-bond acceptors (Lipinski definition) is 6. The van der Waals surface area contributed by atoms with E-state index in [4.69, 9.17) is 29.8 Å². The Kier molecular flexibility index (Phi) is 13.6. The molecule has 1 unspecified atom stereocenters. The van der Waals surface area contributed by atoms with E-state index in [9.17, 15) is 0 Å². The molecule has 0 fully saturated rings. The minimum atomic E-state index is -0.797. The van der Waals surface area contributed by atoms with Crippen LogP contribution in [0.2, 0.25) is 0 Å². The van der Waals surface area contributed by atoms with E-state index in [1.165, 1.54) is 0 Å². The van der Waals surface area contributed by atoms with Gasteiger partial charge in [0.05, 0.1) is 46.2 Å². The third kappa shape index (κ3) is 15.8. The molecule has 0 rings (SSSR count). The lowest BCUT2D eigenvalue weighted by Crippen LogP contribution is -2.21. The molecule has 0 bridgehead atoms. The van der Waals surface area contributed by atoms with Crippen LogP contribution in [0.15, 0.2) is 0 Å². The lowest BCUT2D eigenvalue weighted by Gasteiger charge is -2.07. The van der Waals surface area contributed by atoms with Crippen LogP contribution in [0.3, 0.4) is 0 Å². The van der Waals surface area contributed by atoms with Crippen molar-refractivity contribution in [3.63, 3.8) is 0 Å². The predicted octanol–water partition coefficient (Wildman–Crippen LogP) is -0.260. The molecule has 3 N–H and O–H groups in total. The van der Waals surface area contributed by atoms with E-state index in [2.05, 4.69) is 0 Å². The molecule has 17 heavy (non-hydrogen) atoms. The van der Waals surface area contributed by atoms with Gasteiger partial charge in [-0.1, -0.05) is 0 Å². The highest BCUT2D eigenvalue weighted by Crippen LogP contribution is 1.86. The molecule has 0 aliphatic carbocycles. The highest BCUT2D eigenvalue weighted by atomic mass is 16.6. The molecule has 0 aromatic carbocycles. The SMILES string of the molecule is CCOCCOCCOCCOCCC(N)O. The largest absolute Gasteiger partial charge is 0.379 e. The molecular formula is C11H25NO5. The summed E-state index contributed by atoms with van der Waals surface area (Å²) >= 11 is 0. The topological polar surface area (TPSA) is 83.2 Å². The summed E-state index contributed by atoms with van der Waals surface area (Å²) in [5.41, 5.74) is 5.14. The van der Waals surface area contributed by atoms with Crippen molar-refractivity contribution in [2.24, 2.45) is 5.73 Å². The summed E-state index contributed by atoms with van der Waals surface area (Å²) in [7, 11) is 0. The first kappa shape index (κ1) is 16.8. The summed E-state index contributed by atoms with van der Waals surface area (Å²) in [5.74, 6) is 0. The number of nitrogens with two attached hydrogens (primary N) is 1. The quantitative estimate of drug-likeness (QED) is 0.347. The number of ether oxygens (including phenoxy) is 4. The van der Waals surface area contributed by atoms with Gasteiger partial charge >= 0.3 is 0 Å². The van der Waals surface area contributed by atoms with Gasteiger partial charge in [0, 0.05) is 13.0 Å². The molecule has 6 nitrogen and oxygen atoms in total. The van der Waals surface area contributed by atoms with Crippen molar-refractivity contribution in [3.8, 4) is 0 Å². The van der Waals surface area contributed by atoms with Gasteiger partial charge in [-0.15, -0.1) is 0 Å². The van der Waals surface area contributed by atoms with Gasteiger partial charge in [-0.3, -0.25) is 0 Å². The van der Waals surface area contributed by atoms with Gasteiger partial charge in [0.2, 0.25) is 0 Å². The van der Waals surface area contributed by atoms with Crippen molar-refractivity contribution in [1.29, 1.82) is 0 Å². The van der Waals surface area contributed by atoms with Gasteiger partial charge in [-0.25, -0.2) is 0 Å². The molecule has 0 aromatic rings. The van der Waals surface area contributed by atoms with Gasteiger partial charge in [-0.2, -0.15) is 0 Å². The Morgan fingerprint density at radius 3 is 1.65 bits per heavy atom. The van der Waals surface area contributed by atoms with Gasteiger partial charge in [-0.05, 0) is 6.92 Å². The summed E-state index contributed by atoms with van der Waals surface area (Å²) < 4.78 is 20.8. The van der Waals surface area contributed by atoms with Crippen molar-refractivity contribution < 1.29 is 24.1 Å². The summed E-state index contributed by atoms with van der Waals surface area (Å²) in [6.07, 6.45) is -0.352. The zero-order chi connectivity index (χ0) is 12.8. The highest BCUT2D eigenvalue weighted by molar-refractivity contribution is 4.42. The van der Waals surface area contributed by atoms with Crippen molar-refractivity contribution in [2.75, 3.05) is 52.9 Å². The monoisotopic (exact) mass is 251 g/mol. The Balaban J connectivity index is 2.89. The molecule has 0 spiro atoms. The average Bonchev–Trinajstić information content (AvgIpc) is 2.30. The molecule has 0 aromatic heterocycles. The van der Waals surface area contributed by atoms with Gasteiger partial charge < -0.3 is 29.8 Å². The number of aliphatic hydroxyl groups excluding tert-OH is 1. The molecular weight excluding hydrogens is 226 g/mol. The Morgan fingerprint density at radius 2 is 1.24 bits per heavy atom. The Hall–Kier alpha value is -0.240. The van der Waals surface area contributed by atoms with Gasteiger partial charge in [0.1, 0.15) is 6.23 Å². The van der Waals surface area contributed by atoms with Crippen LogP contribution >= 0.6 is 0 Å². The molecule has 1 atom stereocenters. The van der Waals surface area contributed by atoms with Crippen LogP contribution in [0.4, 0.5) is 0 Å². The smallest absolute Gasteiger partial charge is 0.104 e.